The summed E-state index contributed by atoms with van der Waals surface area (Å²) in [7, 11) is 0.602. The molecule has 0 radical (unpaired) electrons. The second-order valence-electron chi connectivity index (χ2n) is 8.40. The molecule has 0 spiro atoms. The van der Waals surface area contributed by atoms with Crippen LogP contribution in [0.25, 0.3) is 0 Å². The van der Waals surface area contributed by atoms with Crippen molar-refractivity contribution in [2.24, 2.45) is 0 Å². The lowest BCUT2D eigenvalue weighted by Crippen LogP contribution is -2.30. The van der Waals surface area contributed by atoms with Gasteiger partial charge in [0.2, 0.25) is 0 Å². The molecule has 0 atom stereocenters. The van der Waals surface area contributed by atoms with Crippen LogP contribution >= 0.6 is 0 Å². The summed E-state index contributed by atoms with van der Waals surface area (Å²) < 4.78 is 37.8. The molecule has 0 unspecified atom stereocenters. The average Bonchev–Trinajstić information content (AvgIpc) is 3.14. The third kappa shape index (κ3) is 6.42. The highest BCUT2D eigenvalue weighted by atomic mass is 32.2. The molecular weight excluding hydrogens is 454 g/mol. The monoisotopic (exact) mass is 489 g/mol. The van der Waals surface area contributed by atoms with Crippen LogP contribution < -0.4 is 19.1 Å². The van der Waals surface area contributed by atoms with Crippen molar-refractivity contribution in [3.8, 4) is 11.5 Å². The van der Waals surface area contributed by atoms with Gasteiger partial charge in [-0.15, -0.1) is 0 Å². The molecule has 0 aliphatic carbocycles. The maximum atomic E-state index is 13.1. The molecule has 2 aromatic rings. The van der Waals surface area contributed by atoms with Crippen molar-refractivity contribution >= 4 is 21.6 Å². The number of hydrogen-bond donors (Lipinski definition) is 1. The molecule has 3 rings (SSSR count). The Morgan fingerprint density at radius 3 is 2.24 bits per heavy atom. The van der Waals surface area contributed by atoms with Gasteiger partial charge in [-0.05, 0) is 75.3 Å². The Kier molecular flexibility index (Phi) is 9.18. The predicted octanol–water partition coefficient (Wildman–Crippen LogP) is 3.52. The van der Waals surface area contributed by atoms with Gasteiger partial charge in [-0.3, -0.25) is 9.10 Å². The quantitative estimate of drug-likeness (QED) is 0.514. The molecule has 1 fully saturated rings. The van der Waals surface area contributed by atoms with Crippen molar-refractivity contribution in [2.45, 2.75) is 37.0 Å². The van der Waals surface area contributed by atoms with Gasteiger partial charge in [0.25, 0.3) is 15.9 Å². The summed E-state index contributed by atoms with van der Waals surface area (Å²) in [5.41, 5.74) is 0.947. The summed E-state index contributed by atoms with van der Waals surface area (Å²) in [6.07, 6.45) is 6.06. The number of nitrogens with one attached hydrogen (secondary N) is 1. The van der Waals surface area contributed by atoms with Gasteiger partial charge in [-0.25, -0.2) is 8.42 Å². The van der Waals surface area contributed by atoms with Gasteiger partial charge in [-0.2, -0.15) is 0 Å². The van der Waals surface area contributed by atoms with E-state index in [1.165, 1.54) is 63.4 Å². The minimum Gasteiger partial charge on any atom is -0.493 e. The Morgan fingerprint density at radius 1 is 0.971 bits per heavy atom. The molecule has 1 aliphatic heterocycles. The number of hydrogen-bond acceptors (Lipinski definition) is 6. The van der Waals surface area contributed by atoms with Crippen LogP contribution in [0.4, 0.5) is 5.69 Å². The highest BCUT2D eigenvalue weighted by Gasteiger charge is 2.23. The summed E-state index contributed by atoms with van der Waals surface area (Å²) in [5.74, 6) is 0.624. The Balaban J connectivity index is 1.58. The molecule has 0 bridgehead atoms. The maximum Gasteiger partial charge on any atom is 0.264 e. The Morgan fingerprint density at radius 2 is 1.62 bits per heavy atom. The number of carbonyl (C=O) groups excluding carboxylic acids is 1. The normalized spacial score (nSPS) is 14.8. The summed E-state index contributed by atoms with van der Waals surface area (Å²) >= 11 is 0. The first-order valence-electron chi connectivity index (χ1n) is 11.7. The molecule has 1 saturated heterocycles. The lowest BCUT2D eigenvalue weighted by molar-refractivity contribution is 0.0951. The molecule has 1 N–H and O–H groups in total. The van der Waals surface area contributed by atoms with Crippen LogP contribution in [-0.2, 0) is 10.0 Å². The van der Waals surface area contributed by atoms with Crippen LogP contribution in [0.15, 0.2) is 47.4 Å². The van der Waals surface area contributed by atoms with E-state index in [2.05, 4.69) is 10.2 Å². The number of likely N-dealkylation sites (tertiary alicyclic amines) is 1. The van der Waals surface area contributed by atoms with Gasteiger partial charge < -0.3 is 19.7 Å². The van der Waals surface area contributed by atoms with Crippen molar-refractivity contribution in [3.05, 3.63) is 48.0 Å². The SMILES string of the molecule is COc1ccc(S(=O)(=O)N(C)c2ccc(C(=O)NCCCN3CCCCCC3)cc2)cc1OC. The molecule has 2 aromatic carbocycles. The second-order valence-corrected chi connectivity index (χ2v) is 10.4. The topological polar surface area (TPSA) is 88.2 Å². The van der Waals surface area contributed by atoms with Gasteiger partial charge in [0.1, 0.15) is 0 Å². The Hall–Kier alpha value is -2.78. The Labute approximate surface area is 202 Å². The zero-order chi connectivity index (χ0) is 24.6. The van der Waals surface area contributed by atoms with Crippen LogP contribution in [0.5, 0.6) is 11.5 Å². The molecule has 1 aliphatic rings. The van der Waals surface area contributed by atoms with E-state index in [1.54, 1.807) is 30.3 Å². The fourth-order valence-electron chi connectivity index (χ4n) is 4.06. The van der Waals surface area contributed by atoms with E-state index in [0.29, 0.717) is 29.3 Å². The first-order valence-corrected chi connectivity index (χ1v) is 13.1. The van der Waals surface area contributed by atoms with E-state index in [1.807, 2.05) is 0 Å². The number of carbonyl (C=O) groups is 1. The lowest BCUT2D eigenvalue weighted by Gasteiger charge is -2.21. The van der Waals surface area contributed by atoms with E-state index in [9.17, 15) is 13.2 Å². The van der Waals surface area contributed by atoms with Gasteiger partial charge in [-0.1, -0.05) is 12.8 Å². The number of nitrogens with zero attached hydrogens (tertiary/aromatic N) is 2. The van der Waals surface area contributed by atoms with Crippen molar-refractivity contribution in [1.29, 1.82) is 0 Å². The maximum absolute atomic E-state index is 13.1. The number of amides is 1. The smallest absolute Gasteiger partial charge is 0.264 e. The van der Waals surface area contributed by atoms with Crippen LogP contribution in [0, 0.1) is 0 Å². The van der Waals surface area contributed by atoms with E-state index in [4.69, 9.17) is 9.47 Å². The summed E-state index contributed by atoms with van der Waals surface area (Å²) in [5, 5.41) is 2.96. The summed E-state index contributed by atoms with van der Waals surface area (Å²) in [6.45, 7) is 3.91. The van der Waals surface area contributed by atoms with Gasteiger partial charge in [0.05, 0.1) is 24.8 Å². The standard InChI is InChI=1S/C25H35N3O5S/c1-27(34(30,31)22-13-14-23(32-2)24(19-22)33-3)21-11-9-20(10-12-21)25(29)26-15-8-18-28-16-6-4-5-7-17-28/h9-14,19H,4-8,15-18H2,1-3H3,(H,26,29). The molecule has 34 heavy (non-hydrogen) atoms. The molecule has 1 heterocycles. The minimum absolute atomic E-state index is 0.0823. The van der Waals surface area contributed by atoms with Crippen molar-refractivity contribution < 1.29 is 22.7 Å². The first kappa shape index (κ1) is 25.8. The fourth-order valence-corrected chi connectivity index (χ4v) is 5.27. The number of sulfonamides is 1. The molecule has 9 heteroatoms. The van der Waals surface area contributed by atoms with E-state index in [-0.39, 0.29) is 10.8 Å². The second kappa shape index (κ2) is 12.1. The first-order chi connectivity index (χ1) is 16.4. The average molecular weight is 490 g/mol. The van der Waals surface area contributed by atoms with Crippen molar-refractivity contribution in [3.63, 3.8) is 0 Å². The molecule has 0 saturated carbocycles. The molecular formula is C25H35N3O5S. The summed E-state index contributed by atoms with van der Waals surface area (Å²) in [4.78, 5) is 15.1. The van der Waals surface area contributed by atoms with E-state index < -0.39 is 10.0 Å². The van der Waals surface area contributed by atoms with Crippen molar-refractivity contribution in [2.75, 3.05) is 51.8 Å². The van der Waals surface area contributed by atoms with Crippen LogP contribution in [0.1, 0.15) is 42.5 Å². The highest BCUT2D eigenvalue weighted by Crippen LogP contribution is 2.31. The third-order valence-electron chi connectivity index (χ3n) is 6.14. The van der Waals surface area contributed by atoms with Crippen molar-refractivity contribution in [1.82, 2.24) is 10.2 Å². The lowest BCUT2D eigenvalue weighted by atomic mass is 10.2. The van der Waals surface area contributed by atoms with Gasteiger partial charge >= 0.3 is 0 Å². The van der Waals surface area contributed by atoms with Crippen LogP contribution in [-0.4, -0.2) is 66.7 Å². The molecule has 0 aromatic heterocycles. The molecule has 186 valence electrons. The van der Waals surface area contributed by atoms with E-state index in [0.717, 1.165) is 26.1 Å². The van der Waals surface area contributed by atoms with Gasteiger partial charge in [0.15, 0.2) is 11.5 Å². The minimum atomic E-state index is -3.82. The van der Waals surface area contributed by atoms with Gasteiger partial charge in [0, 0.05) is 25.2 Å². The number of anilines is 1. The Bertz CT molecular complexity index is 1050. The van der Waals surface area contributed by atoms with Crippen LogP contribution in [0.2, 0.25) is 0 Å². The predicted molar refractivity (Wildman–Crippen MR) is 133 cm³/mol. The zero-order valence-electron chi connectivity index (χ0n) is 20.2. The van der Waals surface area contributed by atoms with Crippen LogP contribution in [0.3, 0.4) is 0 Å². The number of benzene rings is 2. The highest BCUT2D eigenvalue weighted by molar-refractivity contribution is 7.92. The van der Waals surface area contributed by atoms with E-state index >= 15 is 0 Å². The largest absolute Gasteiger partial charge is 0.493 e. The molecule has 8 nitrogen and oxygen atoms in total. The number of rotatable bonds is 10. The third-order valence-corrected chi connectivity index (χ3v) is 7.92. The number of methoxy groups -OCH3 is 2. The zero-order valence-corrected chi connectivity index (χ0v) is 21.1. The summed E-state index contributed by atoms with van der Waals surface area (Å²) in [6, 6.07) is 11.0. The number of ether oxygens (including phenoxy) is 2. The fraction of sp³-hybridized carbons (Fsp3) is 0.480. The molecule has 1 amide bonds.